The van der Waals surface area contributed by atoms with E-state index in [1.807, 2.05) is 31.2 Å². The molecule has 37 heavy (non-hydrogen) atoms. The Balaban J connectivity index is 1.68. The van der Waals surface area contributed by atoms with Gasteiger partial charge in [0.05, 0.1) is 23.0 Å². The summed E-state index contributed by atoms with van der Waals surface area (Å²) in [5, 5.41) is 12.6. The number of rotatable bonds is 8. The molecule has 3 N–H and O–H groups in total. The smallest absolute Gasteiger partial charge is 0.327 e. The van der Waals surface area contributed by atoms with Gasteiger partial charge in [-0.1, -0.05) is 55.8 Å². The molecule has 0 saturated heterocycles. The van der Waals surface area contributed by atoms with Crippen molar-refractivity contribution in [1.82, 2.24) is 14.1 Å². The minimum atomic E-state index is -4.15. The van der Waals surface area contributed by atoms with Crippen LogP contribution in [0.3, 0.4) is 0 Å². The number of anilines is 1. The quantitative estimate of drug-likeness (QED) is 0.304. The van der Waals surface area contributed by atoms with Crippen molar-refractivity contribution in [3.05, 3.63) is 82.9 Å². The molecule has 0 bridgehead atoms. The zero-order chi connectivity index (χ0) is 27.0. The van der Waals surface area contributed by atoms with Crippen molar-refractivity contribution < 1.29 is 23.1 Å². The fourth-order valence-corrected chi connectivity index (χ4v) is 5.89. The minimum absolute atomic E-state index is 0.0105. The van der Waals surface area contributed by atoms with E-state index in [1.54, 1.807) is 39.0 Å². The van der Waals surface area contributed by atoms with Gasteiger partial charge in [-0.05, 0) is 49.2 Å². The Morgan fingerprint density at radius 3 is 2.32 bits per heavy atom. The number of sulfonamides is 1. The predicted molar refractivity (Wildman–Crippen MR) is 142 cm³/mol. The Labute approximate surface area is 218 Å². The van der Waals surface area contributed by atoms with Crippen molar-refractivity contribution in [3.63, 3.8) is 0 Å². The molecule has 1 heterocycles. The van der Waals surface area contributed by atoms with Crippen LogP contribution >= 0.6 is 11.7 Å². The van der Waals surface area contributed by atoms with Crippen molar-refractivity contribution >= 4 is 50.3 Å². The Morgan fingerprint density at radius 2 is 1.65 bits per heavy atom. The van der Waals surface area contributed by atoms with Crippen molar-refractivity contribution in [3.8, 4) is 0 Å². The minimum Gasteiger partial charge on any atom is -0.480 e. The van der Waals surface area contributed by atoms with Crippen LogP contribution in [0.25, 0.3) is 11.0 Å². The number of nitrogens with one attached hydrogen (secondary N) is 2. The number of amides is 1. The molecule has 0 radical (unpaired) electrons. The maximum atomic E-state index is 13.4. The SMILES string of the molecule is Cc1ccc(C(C)(C)[C@H](NC(=O)c2ccc(C)cc2NS(=O)(=O)c2cccc3nsnc23)C(=O)O)cc1. The van der Waals surface area contributed by atoms with Gasteiger partial charge in [0.2, 0.25) is 0 Å². The first-order valence-electron chi connectivity index (χ1n) is 11.4. The van der Waals surface area contributed by atoms with Crippen LogP contribution in [0.1, 0.15) is 40.9 Å². The first-order chi connectivity index (χ1) is 17.4. The van der Waals surface area contributed by atoms with Crippen molar-refractivity contribution in [2.45, 2.75) is 44.0 Å². The summed E-state index contributed by atoms with van der Waals surface area (Å²) in [6.07, 6.45) is 0. The van der Waals surface area contributed by atoms with E-state index in [-0.39, 0.29) is 21.7 Å². The summed E-state index contributed by atoms with van der Waals surface area (Å²) in [5.74, 6) is -1.94. The van der Waals surface area contributed by atoms with Gasteiger partial charge in [0.15, 0.2) is 0 Å². The van der Waals surface area contributed by atoms with Crippen LogP contribution in [0, 0.1) is 13.8 Å². The highest BCUT2D eigenvalue weighted by atomic mass is 32.2. The average Bonchev–Trinajstić information content (AvgIpc) is 3.31. The normalized spacial score (nSPS) is 12.8. The molecule has 0 saturated carbocycles. The van der Waals surface area contributed by atoms with Gasteiger partial charge >= 0.3 is 5.97 Å². The molecule has 3 aromatic carbocycles. The second kappa shape index (κ2) is 9.91. The van der Waals surface area contributed by atoms with E-state index in [0.29, 0.717) is 11.1 Å². The van der Waals surface area contributed by atoms with Crippen molar-refractivity contribution in [2.75, 3.05) is 4.72 Å². The average molecular weight is 539 g/mol. The zero-order valence-electron chi connectivity index (χ0n) is 20.6. The molecular formula is C26H26N4O5S2. The van der Waals surface area contributed by atoms with Crippen LogP contribution in [0.4, 0.5) is 5.69 Å². The summed E-state index contributed by atoms with van der Waals surface area (Å²) in [5.41, 5.74) is 2.18. The number of carboxylic acids is 1. The number of aromatic nitrogens is 2. The molecule has 4 aromatic rings. The first-order valence-corrected chi connectivity index (χ1v) is 13.6. The van der Waals surface area contributed by atoms with Gasteiger partial charge in [-0.2, -0.15) is 8.75 Å². The summed E-state index contributed by atoms with van der Waals surface area (Å²) in [6, 6.07) is 15.4. The molecule has 1 aromatic heterocycles. The van der Waals surface area contributed by atoms with Gasteiger partial charge in [0, 0.05) is 5.41 Å². The van der Waals surface area contributed by atoms with E-state index >= 15 is 0 Å². The van der Waals surface area contributed by atoms with E-state index in [4.69, 9.17) is 0 Å². The van der Waals surface area contributed by atoms with Gasteiger partial charge in [0.1, 0.15) is 22.0 Å². The number of hydrogen-bond acceptors (Lipinski definition) is 7. The molecule has 0 unspecified atom stereocenters. The van der Waals surface area contributed by atoms with E-state index < -0.39 is 33.4 Å². The fourth-order valence-electron chi connectivity index (χ4n) is 4.05. The van der Waals surface area contributed by atoms with Gasteiger partial charge in [-0.3, -0.25) is 9.52 Å². The van der Waals surface area contributed by atoms with Crippen LogP contribution in [0.5, 0.6) is 0 Å². The van der Waals surface area contributed by atoms with Crippen LogP contribution in [0.2, 0.25) is 0 Å². The number of carbonyl (C=O) groups excluding carboxylic acids is 1. The molecule has 0 spiro atoms. The maximum absolute atomic E-state index is 13.4. The highest BCUT2D eigenvalue weighted by molar-refractivity contribution is 7.93. The van der Waals surface area contributed by atoms with Gasteiger partial charge in [-0.15, -0.1) is 0 Å². The number of hydrogen-bond donors (Lipinski definition) is 3. The van der Waals surface area contributed by atoms with Gasteiger partial charge < -0.3 is 10.4 Å². The number of nitrogens with zero attached hydrogens (tertiary/aromatic N) is 2. The largest absolute Gasteiger partial charge is 0.480 e. The predicted octanol–water partition coefficient (Wildman–Crippen LogP) is 4.27. The summed E-state index contributed by atoms with van der Waals surface area (Å²) >= 11 is 0.899. The van der Waals surface area contributed by atoms with Crippen molar-refractivity contribution in [1.29, 1.82) is 0 Å². The molecule has 11 heteroatoms. The van der Waals surface area contributed by atoms with Crippen LogP contribution < -0.4 is 10.0 Å². The highest BCUT2D eigenvalue weighted by Gasteiger charge is 2.38. The maximum Gasteiger partial charge on any atom is 0.327 e. The Morgan fingerprint density at radius 1 is 0.973 bits per heavy atom. The molecule has 0 aliphatic heterocycles. The zero-order valence-corrected chi connectivity index (χ0v) is 22.3. The Bertz CT molecular complexity index is 1600. The number of aliphatic carboxylic acids is 1. The Kier molecular flexibility index (Phi) is 7.03. The molecule has 1 amide bonds. The van der Waals surface area contributed by atoms with E-state index in [0.717, 1.165) is 22.9 Å². The monoisotopic (exact) mass is 538 g/mol. The lowest BCUT2D eigenvalue weighted by atomic mass is 9.77. The number of benzene rings is 3. The van der Waals surface area contributed by atoms with Gasteiger partial charge in [-0.25, -0.2) is 13.2 Å². The molecule has 4 rings (SSSR count). The van der Waals surface area contributed by atoms with E-state index in [2.05, 4.69) is 18.8 Å². The standard InChI is InChI=1S/C26H26N4O5S2/c1-15-8-11-17(12-9-15)26(3,4)23(25(32)33)27-24(31)18-13-10-16(2)14-20(18)30-37(34,35)21-7-5-6-19-22(21)29-36-28-19/h5-14,23,30H,1-4H3,(H,27,31)(H,32,33)/t23-/m1/s1. The lowest BCUT2D eigenvalue weighted by Gasteiger charge is -2.33. The molecule has 1 atom stereocenters. The van der Waals surface area contributed by atoms with E-state index in [1.165, 1.54) is 18.2 Å². The first kappa shape index (κ1) is 26.2. The molecule has 192 valence electrons. The second-order valence-electron chi connectivity index (χ2n) is 9.38. The molecule has 0 fully saturated rings. The molecule has 0 aliphatic carbocycles. The van der Waals surface area contributed by atoms with Crippen molar-refractivity contribution in [2.24, 2.45) is 0 Å². The van der Waals surface area contributed by atoms with E-state index in [9.17, 15) is 23.1 Å². The Hall–Kier alpha value is -3.83. The van der Waals surface area contributed by atoms with Gasteiger partial charge in [0.25, 0.3) is 15.9 Å². The number of aryl methyl sites for hydroxylation is 2. The van der Waals surface area contributed by atoms with Crippen LogP contribution in [-0.2, 0) is 20.2 Å². The summed E-state index contributed by atoms with van der Waals surface area (Å²) in [6.45, 7) is 7.15. The summed E-state index contributed by atoms with van der Waals surface area (Å²) in [7, 11) is -4.15. The third-order valence-corrected chi connectivity index (χ3v) is 8.18. The summed E-state index contributed by atoms with van der Waals surface area (Å²) in [4.78, 5) is 25.6. The third kappa shape index (κ3) is 5.32. The van der Waals surface area contributed by atoms with Crippen LogP contribution in [-0.4, -0.2) is 40.2 Å². The topological polar surface area (TPSA) is 138 Å². The lowest BCUT2D eigenvalue weighted by Crippen LogP contribution is -2.52. The highest BCUT2D eigenvalue weighted by Crippen LogP contribution is 2.30. The molecule has 0 aliphatic rings. The summed E-state index contributed by atoms with van der Waals surface area (Å²) < 4.78 is 37.3. The lowest BCUT2D eigenvalue weighted by molar-refractivity contribution is -0.140. The van der Waals surface area contributed by atoms with Crippen LogP contribution in [0.15, 0.2) is 65.6 Å². The number of carboxylic acid groups (broad SMARTS) is 1. The second-order valence-corrected chi connectivity index (χ2v) is 11.6. The fraction of sp³-hybridized carbons (Fsp3) is 0.231. The number of fused-ring (bicyclic) bond motifs is 1. The molecule has 9 nitrogen and oxygen atoms in total. The number of carbonyl (C=O) groups is 2. The third-order valence-electron chi connectivity index (χ3n) is 6.24. The molecular weight excluding hydrogens is 512 g/mol.